The van der Waals surface area contributed by atoms with Gasteiger partial charge in [-0.15, -0.1) is 0 Å². The molecule has 0 unspecified atom stereocenters. The molecule has 0 aliphatic heterocycles. The van der Waals surface area contributed by atoms with Crippen molar-refractivity contribution in [3.63, 3.8) is 0 Å². The Labute approximate surface area is 89.9 Å². The molecule has 0 fully saturated rings. The molecular formula is C8H14Br2O2. The summed E-state index contributed by atoms with van der Waals surface area (Å²) < 4.78 is 1.28. The van der Waals surface area contributed by atoms with Crippen LogP contribution in [0.5, 0.6) is 0 Å². The highest BCUT2D eigenvalue weighted by molar-refractivity contribution is 9.14. The maximum absolute atomic E-state index is 9.40. The van der Waals surface area contributed by atoms with Gasteiger partial charge in [-0.1, -0.05) is 45.7 Å². The van der Waals surface area contributed by atoms with Crippen molar-refractivity contribution in [2.45, 2.75) is 38.9 Å². The largest absolute Gasteiger partial charge is 0.388 e. The standard InChI is InChI=1S/C8H14Br2O2/c1-3-5(11)7(9)8(10)6(12)4-2/h5-6,11-12H,3-4H2,1-2H3/b8-7+/t5-,6-/m0/s1. The fourth-order valence-electron chi connectivity index (χ4n) is 0.677. The molecule has 0 amide bonds. The van der Waals surface area contributed by atoms with Crippen molar-refractivity contribution in [2.75, 3.05) is 0 Å². The molecule has 0 bridgehead atoms. The zero-order valence-electron chi connectivity index (χ0n) is 7.22. The smallest absolute Gasteiger partial charge is 0.0861 e. The van der Waals surface area contributed by atoms with E-state index in [1.165, 1.54) is 0 Å². The van der Waals surface area contributed by atoms with E-state index in [0.717, 1.165) is 0 Å². The van der Waals surface area contributed by atoms with E-state index >= 15 is 0 Å². The molecule has 0 heterocycles. The Balaban J connectivity index is 4.44. The first-order chi connectivity index (χ1) is 5.54. The number of hydrogen-bond acceptors (Lipinski definition) is 2. The van der Waals surface area contributed by atoms with Crippen LogP contribution in [0.4, 0.5) is 0 Å². The van der Waals surface area contributed by atoms with Gasteiger partial charge in [0.05, 0.1) is 12.2 Å². The van der Waals surface area contributed by atoms with Gasteiger partial charge in [-0.05, 0) is 12.8 Å². The zero-order valence-corrected chi connectivity index (χ0v) is 10.4. The van der Waals surface area contributed by atoms with Crippen LogP contribution in [-0.2, 0) is 0 Å². The molecular weight excluding hydrogens is 288 g/mol. The van der Waals surface area contributed by atoms with Gasteiger partial charge in [0, 0.05) is 8.96 Å². The van der Waals surface area contributed by atoms with Gasteiger partial charge in [0.2, 0.25) is 0 Å². The van der Waals surface area contributed by atoms with Crippen LogP contribution in [-0.4, -0.2) is 22.4 Å². The van der Waals surface area contributed by atoms with E-state index in [2.05, 4.69) is 31.9 Å². The van der Waals surface area contributed by atoms with Crippen LogP contribution in [0.3, 0.4) is 0 Å². The van der Waals surface area contributed by atoms with Crippen molar-refractivity contribution >= 4 is 31.9 Å². The van der Waals surface area contributed by atoms with Crippen LogP contribution in [0.25, 0.3) is 0 Å². The average Bonchev–Trinajstić information content (AvgIpc) is 2.12. The summed E-state index contributed by atoms with van der Waals surface area (Å²) in [6.07, 6.45) is 0.208. The van der Waals surface area contributed by atoms with Crippen molar-refractivity contribution in [1.82, 2.24) is 0 Å². The lowest BCUT2D eigenvalue weighted by Gasteiger charge is -2.13. The highest BCUT2D eigenvalue weighted by Crippen LogP contribution is 2.26. The van der Waals surface area contributed by atoms with Crippen LogP contribution in [0.2, 0.25) is 0 Å². The van der Waals surface area contributed by atoms with Crippen LogP contribution in [0, 0.1) is 0 Å². The molecule has 0 aliphatic carbocycles. The Hall–Kier alpha value is 0.620. The van der Waals surface area contributed by atoms with Gasteiger partial charge in [0.25, 0.3) is 0 Å². The summed E-state index contributed by atoms with van der Waals surface area (Å²) in [5.41, 5.74) is 0. The van der Waals surface area contributed by atoms with Gasteiger partial charge in [-0.25, -0.2) is 0 Å². The normalized spacial score (nSPS) is 18.5. The molecule has 0 radical (unpaired) electrons. The summed E-state index contributed by atoms with van der Waals surface area (Å²) in [4.78, 5) is 0. The highest BCUT2D eigenvalue weighted by Gasteiger charge is 2.14. The summed E-state index contributed by atoms with van der Waals surface area (Å²) in [6, 6.07) is 0. The molecule has 0 aliphatic rings. The number of hydrogen-bond donors (Lipinski definition) is 2. The fraction of sp³-hybridized carbons (Fsp3) is 0.750. The van der Waals surface area contributed by atoms with E-state index in [4.69, 9.17) is 0 Å². The van der Waals surface area contributed by atoms with E-state index in [1.807, 2.05) is 13.8 Å². The first-order valence-corrected chi connectivity index (χ1v) is 5.54. The lowest BCUT2D eigenvalue weighted by atomic mass is 10.2. The Kier molecular flexibility index (Phi) is 6.45. The Morgan fingerprint density at radius 3 is 1.42 bits per heavy atom. The third-order valence-corrected chi connectivity index (χ3v) is 4.03. The van der Waals surface area contributed by atoms with Gasteiger partial charge >= 0.3 is 0 Å². The van der Waals surface area contributed by atoms with E-state index in [0.29, 0.717) is 21.8 Å². The molecule has 12 heavy (non-hydrogen) atoms. The predicted molar refractivity (Wildman–Crippen MR) is 57.5 cm³/mol. The Morgan fingerprint density at radius 1 is 1.00 bits per heavy atom. The topological polar surface area (TPSA) is 40.5 Å². The van der Waals surface area contributed by atoms with Gasteiger partial charge < -0.3 is 10.2 Å². The quantitative estimate of drug-likeness (QED) is 0.838. The second-order valence-electron chi connectivity index (χ2n) is 2.54. The summed E-state index contributed by atoms with van der Waals surface area (Å²) >= 11 is 6.47. The molecule has 0 rings (SSSR count). The maximum atomic E-state index is 9.40. The van der Waals surface area contributed by atoms with Crippen molar-refractivity contribution in [2.24, 2.45) is 0 Å². The van der Waals surface area contributed by atoms with E-state index in [-0.39, 0.29) is 0 Å². The zero-order chi connectivity index (χ0) is 9.72. The second-order valence-corrected chi connectivity index (χ2v) is 4.25. The molecule has 2 atom stereocenters. The molecule has 0 saturated heterocycles. The average molecular weight is 302 g/mol. The van der Waals surface area contributed by atoms with Gasteiger partial charge in [-0.3, -0.25) is 0 Å². The van der Waals surface area contributed by atoms with Gasteiger partial charge in [0.1, 0.15) is 0 Å². The number of rotatable bonds is 4. The maximum Gasteiger partial charge on any atom is 0.0861 e. The molecule has 2 N–H and O–H groups in total. The van der Waals surface area contributed by atoms with E-state index in [1.54, 1.807) is 0 Å². The molecule has 0 aromatic rings. The van der Waals surface area contributed by atoms with Gasteiger partial charge in [0.15, 0.2) is 0 Å². The van der Waals surface area contributed by atoms with Crippen LogP contribution < -0.4 is 0 Å². The molecule has 0 aromatic carbocycles. The van der Waals surface area contributed by atoms with Crippen molar-refractivity contribution in [1.29, 1.82) is 0 Å². The first-order valence-electron chi connectivity index (χ1n) is 3.95. The lowest BCUT2D eigenvalue weighted by molar-refractivity contribution is 0.198. The van der Waals surface area contributed by atoms with Crippen molar-refractivity contribution < 1.29 is 10.2 Å². The van der Waals surface area contributed by atoms with E-state index < -0.39 is 12.2 Å². The monoisotopic (exact) mass is 300 g/mol. The predicted octanol–water partition coefficient (Wildman–Crippen LogP) is 2.53. The minimum Gasteiger partial charge on any atom is -0.388 e. The minimum atomic E-state index is -0.527. The van der Waals surface area contributed by atoms with E-state index in [9.17, 15) is 10.2 Å². The summed E-state index contributed by atoms with van der Waals surface area (Å²) in [7, 11) is 0. The SMILES string of the molecule is CC[C@H](O)/C(Br)=C(\Br)[C@@H](O)CC. The Bertz CT molecular complexity index is 150. The lowest BCUT2D eigenvalue weighted by Crippen LogP contribution is -2.12. The fourth-order valence-corrected chi connectivity index (χ4v) is 1.85. The molecule has 0 saturated carbocycles. The molecule has 2 nitrogen and oxygen atoms in total. The second kappa shape index (κ2) is 6.13. The number of aliphatic hydroxyl groups is 2. The summed E-state index contributed by atoms with van der Waals surface area (Å²) in [5.74, 6) is 0. The van der Waals surface area contributed by atoms with Crippen molar-refractivity contribution in [3.8, 4) is 0 Å². The van der Waals surface area contributed by atoms with Crippen LogP contribution in [0.1, 0.15) is 26.7 Å². The third kappa shape index (κ3) is 3.56. The van der Waals surface area contributed by atoms with Crippen molar-refractivity contribution in [3.05, 3.63) is 8.96 Å². The molecule has 0 aromatic heterocycles. The van der Waals surface area contributed by atoms with Crippen LogP contribution in [0.15, 0.2) is 8.96 Å². The minimum absolute atomic E-state index is 0.527. The molecule has 4 heteroatoms. The molecule has 0 spiro atoms. The van der Waals surface area contributed by atoms with Crippen LogP contribution >= 0.6 is 31.9 Å². The highest BCUT2D eigenvalue weighted by atomic mass is 79.9. The third-order valence-electron chi connectivity index (χ3n) is 1.59. The number of halogens is 2. The number of aliphatic hydroxyl groups excluding tert-OH is 2. The summed E-state index contributed by atoms with van der Waals surface area (Å²) in [6.45, 7) is 3.76. The molecule has 72 valence electrons. The first kappa shape index (κ1) is 12.6. The Morgan fingerprint density at radius 2 is 1.25 bits per heavy atom. The summed E-state index contributed by atoms with van der Waals surface area (Å²) in [5, 5.41) is 18.8. The van der Waals surface area contributed by atoms with Gasteiger partial charge in [-0.2, -0.15) is 0 Å².